The molecule has 0 saturated carbocycles. The highest BCUT2D eigenvalue weighted by atomic mass is 16.2. The molecular formula is C19H23N5O2. The van der Waals surface area contributed by atoms with Crippen molar-refractivity contribution < 1.29 is 9.59 Å². The predicted molar refractivity (Wildman–Crippen MR) is 99.6 cm³/mol. The highest BCUT2D eigenvalue weighted by Gasteiger charge is 2.22. The first kappa shape index (κ1) is 17.9. The Bertz CT molecular complexity index is 715. The molecule has 1 aliphatic heterocycles. The molecule has 1 aromatic heterocycles. The van der Waals surface area contributed by atoms with Gasteiger partial charge in [0.25, 0.3) is 0 Å². The Kier molecular flexibility index (Phi) is 6.16. The molecule has 2 aromatic rings. The van der Waals surface area contributed by atoms with E-state index in [1.165, 1.54) is 0 Å². The average molecular weight is 353 g/mol. The largest absolute Gasteiger partial charge is 0.351 e. The summed E-state index contributed by atoms with van der Waals surface area (Å²) >= 11 is 0. The fraction of sp³-hybridized carbons (Fsp3) is 0.316. The van der Waals surface area contributed by atoms with Gasteiger partial charge in [-0.05, 0) is 17.7 Å². The SMILES string of the molecule is O=C(CN1CCN(C(=O)Nc2ccncc2)CC1)NCc1ccccc1. The molecular weight excluding hydrogens is 330 g/mol. The predicted octanol–water partition coefficient (Wildman–Crippen LogP) is 1.55. The molecule has 3 rings (SSSR count). The molecule has 2 N–H and O–H groups in total. The van der Waals surface area contributed by atoms with Gasteiger partial charge in [0.1, 0.15) is 0 Å². The van der Waals surface area contributed by atoms with Crippen LogP contribution in [0.3, 0.4) is 0 Å². The maximum Gasteiger partial charge on any atom is 0.321 e. The van der Waals surface area contributed by atoms with Gasteiger partial charge in [-0.15, -0.1) is 0 Å². The van der Waals surface area contributed by atoms with E-state index in [1.807, 2.05) is 30.3 Å². The van der Waals surface area contributed by atoms with Gasteiger partial charge in [-0.1, -0.05) is 30.3 Å². The molecule has 1 aromatic carbocycles. The van der Waals surface area contributed by atoms with E-state index in [0.29, 0.717) is 39.3 Å². The van der Waals surface area contributed by atoms with Crippen LogP contribution in [0, 0.1) is 0 Å². The van der Waals surface area contributed by atoms with E-state index in [9.17, 15) is 9.59 Å². The van der Waals surface area contributed by atoms with Crippen molar-refractivity contribution in [3.05, 3.63) is 60.4 Å². The van der Waals surface area contributed by atoms with Crippen LogP contribution in [0.15, 0.2) is 54.9 Å². The second-order valence-corrected chi connectivity index (χ2v) is 6.19. The number of piperazine rings is 1. The Morgan fingerprint density at radius 3 is 2.35 bits per heavy atom. The summed E-state index contributed by atoms with van der Waals surface area (Å²) in [6.45, 7) is 3.46. The lowest BCUT2D eigenvalue weighted by atomic mass is 10.2. The molecule has 1 fully saturated rings. The van der Waals surface area contributed by atoms with Gasteiger partial charge in [0.15, 0.2) is 0 Å². The summed E-state index contributed by atoms with van der Waals surface area (Å²) in [7, 11) is 0. The molecule has 0 spiro atoms. The standard InChI is InChI=1S/C19H23N5O2/c25-18(21-14-16-4-2-1-3-5-16)15-23-10-12-24(13-11-23)19(26)22-17-6-8-20-9-7-17/h1-9H,10-15H2,(H,21,25)(H,20,22,26). The topological polar surface area (TPSA) is 77.6 Å². The molecule has 0 unspecified atom stereocenters. The zero-order valence-corrected chi connectivity index (χ0v) is 14.6. The normalized spacial score (nSPS) is 14.7. The Balaban J connectivity index is 1.38. The summed E-state index contributed by atoms with van der Waals surface area (Å²) in [5.74, 6) is 0.00328. The fourth-order valence-electron chi connectivity index (χ4n) is 2.80. The number of urea groups is 1. The minimum atomic E-state index is -0.121. The molecule has 3 amide bonds. The van der Waals surface area contributed by atoms with Crippen molar-refractivity contribution in [2.75, 3.05) is 38.0 Å². The van der Waals surface area contributed by atoms with Crippen molar-refractivity contribution in [2.45, 2.75) is 6.54 Å². The van der Waals surface area contributed by atoms with Crippen LogP contribution in [-0.4, -0.2) is 59.4 Å². The van der Waals surface area contributed by atoms with E-state index >= 15 is 0 Å². The maximum atomic E-state index is 12.3. The van der Waals surface area contributed by atoms with Gasteiger partial charge in [-0.25, -0.2) is 4.79 Å². The summed E-state index contributed by atoms with van der Waals surface area (Å²) in [4.78, 5) is 32.1. The second kappa shape index (κ2) is 8.96. The van der Waals surface area contributed by atoms with Crippen LogP contribution in [0.4, 0.5) is 10.5 Å². The number of rotatable bonds is 5. The highest BCUT2D eigenvalue weighted by Crippen LogP contribution is 2.08. The van der Waals surface area contributed by atoms with E-state index in [1.54, 1.807) is 29.4 Å². The number of benzene rings is 1. The van der Waals surface area contributed by atoms with Gasteiger partial charge in [-0.3, -0.25) is 14.7 Å². The Morgan fingerprint density at radius 1 is 0.962 bits per heavy atom. The average Bonchev–Trinajstić information content (AvgIpc) is 2.68. The third-order valence-electron chi connectivity index (χ3n) is 4.29. The van der Waals surface area contributed by atoms with Crippen molar-refractivity contribution >= 4 is 17.6 Å². The lowest BCUT2D eigenvalue weighted by Crippen LogP contribution is -2.52. The Hall–Kier alpha value is -2.93. The quantitative estimate of drug-likeness (QED) is 0.855. The summed E-state index contributed by atoms with van der Waals surface area (Å²) < 4.78 is 0. The van der Waals surface area contributed by atoms with Gasteiger partial charge in [-0.2, -0.15) is 0 Å². The van der Waals surface area contributed by atoms with Crippen molar-refractivity contribution in [1.82, 2.24) is 20.1 Å². The molecule has 7 nitrogen and oxygen atoms in total. The number of aromatic nitrogens is 1. The summed E-state index contributed by atoms with van der Waals surface area (Å²) in [6, 6.07) is 13.2. The van der Waals surface area contributed by atoms with Gasteiger partial charge in [0.2, 0.25) is 5.91 Å². The van der Waals surface area contributed by atoms with Gasteiger partial charge >= 0.3 is 6.03 Å². The van der Waals surface area contributed by atoms with Crippen LogP contribution in [0.2, 0.25) is 0 Å². The minimum Gasteiger partial charge on any atom is -0.351 e. The summed E-state index contributed by atoms with van der Waals surface area (Å²) in [6.07, 6.45) is 3.28. The van der Waals surface area contributed by atoms with E-state index in [4.69, 9.17) is 0 Å². The fourth-order valence-corrected chi connectivity index (χ4v) is 2.80. The molecule has 136 valence electrons. The number of hydrogen-bond acceptors (Lipinski definition) is 4. The number of nitrogens with zero attached hydrogens (tertiary/aromatic N) is 3. The maximum absolute atomic E-state index is 12.3. The number of nitrogens with one attached hydrogen (secondary N) is 2. The zero-order valence-electron chi connectivity index (χ0n) is 14.6. The molecule has 0 aliphatic carbocycles. The molecule has 0 bridgehead atoms. The van der Waals surface area contributed by atoms with E-state index in [-0.39, 0.29) is 11.9 Å². The number of hydrogen-bond donors (Lipinski definition) is 2. The third kappa shape index (κ3) is 5.29. The van der Waals surface area contributed by atoms with Crippen LogP contribution in [0.5, 0.6) is 0 Å². The van der Waals surface area contributed by atoms with E-state index in [2.05, 4.69) is 20.5 Å². The highest BCUT2D eigenvalue weighted by molar-refractivity contribution is 5.89. The van der Waals surface area contributed by atoms with Crippen molar-refractivity contribution in [3.63, 3.8) is 0 Å². The molecule has 26 heavy (non-hydrogen) atoms. The number of amides is 3. The lowest BCUT2D eigenvalue weighted by molar-refractivity contribution is -0.122. The second-order valence-electron chi connectivity index (χ2n) is 6.19. The van der Waals surface area contributed by atoms with E-state index < -0.39 is 0 Å². The van der Waals surface area contributed by atoms with Gasteiger partial charge in [0, 0.05) is 50.8 Å². The molecule has 1 aliphatic rings. The first-order chi connectivity index (χ1) is 12.7. The monoisotopic (exact) mass is 353 g/mol. The van der Waals surface area contributed by atoms with Crippen LogP contribution in [-0.2, 0) is 11.3 Å². The van der Waals surface area contributed by atoms with Crippen molar-refractivity contribution in [1.29, 1.82) is 0 Å². The first-order valence-corrected chi connectivity index (χ1v) is 8.69. The molecule has 1 saturated heterocycles. The van der Waals surface area contributed by atoms with Crippen molar-refractivity contribution in [3.8, 4) is 0 Å². The number of carbonyl (C=O) groups is 2. The first-order valence-electron chi connectivity index (χ1n) is 8.69. The van der Waals surface area contributed by atoms with E-state index in [0.717, 1.165) is 11.3 Å². The van der Waals surface area contributed by atoms with Crippen LogP contribution < -0.4 is 10.6 Å². The summed E-state index contributed by atoms with van der Waals surface area (Å²) in [5, 5.41) is 5.79. The molecule has 0 atom stereocenters. The molecule has 2 heterocycles. The number of pyridine rings is 1. The van der Waals surface area contributed by atoms with Crippen molar-refractivity contribution in [2.24, 2.45) is 0 Å². The van der Waals surface area contributed by atoms with Crippen LogP contribution >= 0.6 is 0 Å². The third-order valence-corrected chi connectivity index (χ3v) is 4.29. The minimum absolute atomic E-state index is 0.00328. The molecule has 0 radical (unpaired) electrons. The lowest BCUT2D eigenvalue weighted by Gasteiger charge is -2.34. The smallest absolute Gasteiger partial charge is 0.321 e. The molecule has 7 heteroatoms. The van der Waals surface area contributed by atoms with Crippen LogP contribution in [0.1, 0.15) is 5.56 Å². The number of anilines is 1. The van der Waals surface area contributed by atoms with Crippen LogP contribution in [0.25, 0.3) is 0 Å². The Morgan fingerprint density at radius 2 is 1.65 bits per heavy atom. The summed E-state index contributed by atoms with van der Waals surface area (Å²) in [5.41, 5.74) is 1.81. The van der Waals surface area contributed by atoms with Gasteiger partial charge < -0.3 is 15.5 Å². The zero-order chi connectivity index (χ0) is 18.2. The van der Waals surface area contributed by atoms with Gasteiger partial charge in [0.05, 0.1) is 6.54 Å². The number of carbonyl (C=O) groups excluding carboxylic acids is 2. The Labute approximate surface area is 153 Å².